The second-order valence-electron chi connectivity index (χ2n) is 8.38. The Morgan fingerprint density at radius 1 is 1.00 bits per heavy atom. The summed E-state index contributed by atoms with van der Waals surface area (Å²) in [6.07, 6.45) is 1.30. The number of hydrogen-bond acceptors (Lipinski definition) is 6. The highest BCUT2D eigenvalue weighted by molar-refractivity contribution is 6.41. The van der Waals surface area contributed by atoms with Crippen molar-refractivity contribution in [3.63, 3.8) is 0 Å². The number of benzene rings is 2. The SMILES string of the molecule is CCN(CC)CCOc1cc(F)c(C(=O)c2c(N)nc3ccc(C(=O)c4c(Cl)cccc4Cl)cn23)c(F)c1. The lowest BCUT2D eigenvalue weighted by atomic mass is 10.0. The van der Waals surface area contributed by atoms with Crippen molar-refractivity contribution in [1.82, 2.24) is 14.3 Å². The molecule has 11 heteroatoms. The highest BCUT2D eigenvalue weighted by atomic mass is 35.5. The number of nitrogen functional groups attached to an aromatic ring is 1. The molecule has 4 rings (SSSR count). The topological polar surface area (TPSA) is 89.9 Å². The predicted molar refractivity (Wildman–Crippen MR) is 143 cm³/mol. The predicted octanol–water partition coefficient (Wildman–Crippen LogP) is 5.68. The van der Waals surface area contributed by atoms with Gasteiger partial charge in [0.15, 0.2) is 11.6 Å². The first-order valence-corrected chi connectivity index (χ1v) is 12.6. The lowest BCUT2D eigenvalue weighted by Crippen LogP contribution is -2.28. The minimum atomic E-state index is -1.11. The van der Waals surface area contributed by atoms with Gasteiger partial charge in [-0.05, 0) is 37.4 Å². The number of likely N-dealkylation sites (N-methyl/N-ethyl adjacent to an activating group) is 1. The van der Waals surface area contributed by atoms with Gasteiger partial charge in [-0.25, -0.2) is 13.8 Å². The Morgan fingerprint density at radius 2 is 1.63 bits per heavy atom. The molecule has 0 saturated heterocycles. The molecule has 0 aliphatic heterocycles. The van der Waals surface area contributed by atoms with Crippen LogP contribution < -0.4 is 10.5 Å². The molecule has 2 heterocycles. The van der Waals surface area contributed by atoms with E-state index in [9.17, 15) is 9.59 Å². The Balaban J connectivity index is 1.68. The van der Waals surface area contributed by atoms with Crippen LogP contribution in [-0.2, 0) is 0 Å². The average molecular weight is 561 g/mol. The summed E-state index contributed by atoms with van der Waals surface area (Å²) < 4.78 is 36.7. The van der Waals surface area contributed by atoms with E-state index in [0.717, 1.165) is 25.2 Å². The number of pyridine rings is 1. The van der Waals surface area contributed by atoms with Crippen LogP contribution >= 0.6 is 23.2 Å². The normalized spacial score (nSPS) is 11.3. The summed E-state index contributed by atoms with van der Waals surface area (Å²) in [6, 6.07) is 9.45. The Hall–Kier alpha value is -3.53. The molecule has 2 aromatic carbocycles. The van der Waals surface area contributed by atoms with E-state index >= 15 is 8.78 Å². The van der Waals surface area contributed by atoms with E-state index in [0.29, 0.717) is 6.54 Å². The molecule has 0 aliphatic rings. The monoisotopic (exact) mass is 560 g/mol. The molecule has 0 saturated carbocycles. The van der Waals surface area contributed by atoms with E-state index in [4.69, 9.17) is 33.7 Å². The highest BCUT2D eigenvalue weighted by Crippen LogP contribution is 2.29. The molecule has 0 amide bonds. The second kappa shape index (κ2) is 11.5. The molecule has 0 bridgehead atoms. The first-order chi connectivity index (χ1) is 18.2. The van der Waals surface area contributed by atoms with Crippen LogP contribution in [0.4, 0.5) is 14.6 Å². The van der Waals surface area contributed by atoms with Crippen LogP contribution in [0.5, 0.6) is 5.75 Å². The lowest BCUT2D eigenvalue weighted by Gasteiger charge is -2.18. The zero-order chi connectivity index (χ0) is 27.6. The van der Waals surface area contributed by atoms with Gasteiger partial charge < -0.3 is 15.4 Å². The van der Waals surface area contributed by atoms with Crippen molar-refractivity contribution < 1.29 is 23.1 Å². The first kappa shape index (κ1) is 27.5. The molecule has 7 nitrogen and oxygen atoms in total. The van der Waals surface area contributed by atoms with E-state index in [1.165, 1.54) is 34.9 Å². The maximum Gasteiger partial charge on any atom is 0.219 e. The summed E-state index contributed by atoms with van der Waals surface area (Å²) in [4.78, 5) is 32.7. The van der Waals surface area contributed by atoms with E-state index < -0.39 is 28.8 Å². The van der Waals surface area contributed by atoms with Gasteiger partial charge in [-0.2, -0.15) is 0 Å². The van der Waals surface area contributed by atoms with Gasteiger partial charge in [-0.15, -0.1) is 0 Å². The van der Waals surface area contributed by atoms with E-state index in [1.807, 2.05) is 13.8 Å². The lowest BCUT2D eigenvalue weighted by molar-refractivity contribution is 0.101. The van der Waals surface area contributed by atoms with Crippen molar-refractivity contribution >= 4 is 46.2 Å². The van der Waals surface area contributed by atoms with Crippen molar-refractivity contribution in [3.05, 3.63) is 92.7 Å². The number of fused-ring (bicyclic) bond motifs is 1. The van der Waals surface area contributed by atoms with Crippen LogP contribution in [0.2, 0.25) is 10.0 Å². The van der Waals surface area contributed by atoms with Crippen LogP contribution in [-0.4, -0.2) is 52.1 Å². The van der Waals surface area contributed by atoms with E-state index in [2.05, 4.69) is 9.88 Å². The summed E-state index contributed by atoms with van der Waals surface area (Å²) in [5.41, 5.74) is 5.24. The number of nitrogens with zero attached hydrogens (tertiary/aromatic N) is 3. The summed E-state index contributed by atoms with van der Waals surface area (Å²) in [6.45, 7) is 6.43. The van der Waals surface area contributed by atoms with Gasteiger partial charge >= 0.3 is 0 Å². The van der Waals surface area contributed by atoms with Gasteiger partial charge in [0.25, 0.3) is 0 Å². The number of halogens is 4. The number of aromatic nitrogens is 2. The first-order valence-electron chi connectivity index (χ1n) is 11.8. The molecule has 2 aromatic heterocycles. The third-order valence-corrected chi connectivity index (χ3v) is 6.76. The molecule has 0 atom stereocenters. The zero-order valence-electron chi connectivity index (χ0n) is 20.6. The number of rotatable bonds is 10. The van der Waals surface area contributed by atoms with Gasteiger partial charge in [0, 0.05) is 30.4 Å². The second-order valence-corrected chi connectivity index (χ2v) is 9.20. The molecule has 0 spiro atoms. The molecular formula is C27H24Cl2F2N4O3. The van der Waals surface area contributed by atoms with Gasteiger partial charge in [0.2, 0.25) is 5.78 Å². The Labute approximate surface area is 227 Å². The Kier molecular flexibility index (Phi) is 8.30. The minimum Gasteiger partial charge on any atom is -0.492 e. The highest BCUT2D eigenvalue weighted by Gasteiger charge is 2.27. The fourth-order valence-electron chi connectivity index (χ4n) is 4.08. The maximum atomic E-state index is 15.0. The fraction of sp³-hybridized carbons (Fsp3) is 0.222. The number of hydrogen-bond donors (Lipinski definition) is 1. The van der Waals surface area contributed by atoms with Gasteiger partial charge in [-0.3, -0.25) is 14.0 Å². The Morgan fingerprint density at radius 3 is 2.24 bits per heavy atom. The van der Waals surface area contributed by atoms with Crippen LogP contribution in [0.25, 0.3) is 5.65 Å². The third-order valence-electron chi connectivity index (χ3n) is 6.13. The summed E-state index contributed by atoms with van der Waals surface area (Å²) in [7, 11) is 0. The van der Waals surface area contributed by atoms with Crippen molar-refractivity contribution in [2.75, 3.05) is 32.0 Å². The molecule has 38 heavy (non-hydrogen) atoms. The zero-order valence-corrected chi connectivity index (χ0v) is 22.1. The van der Waals surface area contributed by atoms with Crippen LogP contribution in [0.15, 0.2) is 48.7 Å². The molecule has 0 radical (unpaired) electrons. The number of carbonyl (C=O) groups excluding carboxylic acids is 2. The van der Waals surface area contributed by atoms with Crippen LogP contribution in [0, 0.1) is 11.6 Å². The van der Waals surface area contributed by atoms with E-state index in [1.54, 1.807) is 6.07 Å². The van der Waals surface area contributed by atoms with Crippen molar-refractivity contribution in [2.24, 2.45) is 0 Å². The standard InChI is InChI=1S/C27H24Cl2F2N4O3/c1-3-34(4-2)10-11-38-16-12-19(30)23(20(31)13-16)26(37)24-27(32)33-21-9-8-15(14-35(21)24)25(36)22-17(28)6-5-7-18(22)29/h5-9,12-14H,3-4,10-11,32H2,1-2H3. The van der Waals surface area contributed by atoms with Gasteiger partial charge in [0.05, 0.1) is 21.2 Å². The average Bonchev–Trinajstić information content (AvgIpc) is 3.20. The smallest absolute Gasteiger partial charge is 0.219 e. The van der Waals surface area contributed by atoms with Crippen LogP contribution in [0.1, 0.15) is 45.8 Å². The largest absolute Gasteiger partial charge is 0.492 e. The quantitative estimate of drug-likeness (QED) is 0.251. The number of carbonyl (C=O) groups is 2. The summed E-state index contributed by atoms with van der Waals surface area (Å²) >= 11 is 12.3. The number of anilines is 1. The summed E-state index contributed by atoms with van der Waals surface area (Å²) in [5.74, 6) is -4.08. The van der Waals surface area contributed by atoms with Gasteiger partial charge in [-0.1, -0.05) is 43.1 Å². The number of ether oxygens (including phenoxy) is 1. The maximum absolute atomic E-state index is 15.0. The Bertz CT molecular complexity index is 1490. The molecule has 0 fully saturated rings. The third kappa shape index (κ3) is 5.36. The van der Waals surface area contributed by atoms with Gasteiger partial charge in [0.1, 0.15) is 35.3 Å². The molecular weight excluding hydrogens is 537 g/mol. The number of nitrogens with two attached hydrogens (primary N) is 1. The van der Waals surface area contributed by atoms with Crippen molar-refractivity contribution in [1.29, 1.82) is 0 Å². The van der Waals surface area contributed by atoms with Crippen molar-refractivity contribution in [2.45, 2.75) is 13.8 Å². The molecule has 0 unspecified atom stereocenters. The van der Waals surface area contributed by atoms with Crippen LogP contribution in [0.3, 0.4) is 0 Å². The summed E-state index contributed by atoms with van der Waals surface area (Å²) in [5, 5.41) is 0.292. The molecule has 4 aromatic rings. The fourth-order valence-corrected chi connectivity index (χ4v) is 4.65. The minimum absolute atomic E-state index is 0.0423. The molecule has 198 valence electrons. The van der Waals surface area contributed by atoms with E-state index in [-0.39, 0.29) is 50.7 Å². The number of ketones is 2. The molecule has 2 N–H and O–H groups in total. The number of imidazole rings is 1. The van der Waals surface area contributed by atoms with Crippen molar-refractivity contribution in [3.8, 4) is 5.75 Å². The molecule has 0 aliphatic carbocycles.